The Bertz CT molecular complexity index is 1860. The highest BCUT2D eigenvalue weighted by Gasteiger charge is 2.61. The highest BCUT2D eigenvalue weighted by molar-refractivity contribution is 7.85. The van der Waals surface area contributed by atoms with Crippen LogP contribution in [0.2, 0.25) is 5.02 Å². The summed E-state index contributed by atoms with van der Waals surface area (Å²) >= 11 is 6.56. The van der Waals surface area contributed by atoms with Crippen molar-refractivity contribution >= 4 is 56.4 Å². The van der Waals surface area contributed by atoms with Gasteiger partial charge in [-0.25, -0.2) is 4.72 Å². The van der Waals surface area contributed by atoms with Crippen LogP contribution >= 0.6 is 11.6 Å². The van der Waals surface area contributed by atoms with Crippen LogP contribution < -0.4 is 14.2 Å². The number of carbonyl (C=O) groups excluding carboxylic acids is 4. The molecule has 290 valence electrons. The summed E-state index contributed by atoms with van der Waals surface area (Å²) in [6, 6.07) is 4.16. The van der Waals surface area contributed by atoms with Crippen LogP contribution in [0.1, 0.15) is 98.3 Å². The molecular weight excluding hydrogens is 726 g/mol. The molecule has 5 atom stereocenters. The van der Waals surface area contributed by atoms with Gasteiger partial charge in [-0.15, -0.1) is 0 Å². The molecule has 4 unspecified atom stereocenters. The number of fused-ring (bicyclic) bond motifs is 1. The molecule has 4 aliphatic rings. The van der Waals surface area contributed by atoms with Crippen LogP contribution in [0.4, 0.5) is 0 Å². The zero-order valence-electron chi connectivity index (χ0n) is 31.0. The predicted octanol–water partition coefficient (Wildman–Crippen LogP) is 5.70. The fraction of sp³-hybridized carbons (Fsp3) is 0.658. The van der Waals surface area contributed by atoms with E-state index < -0.39 is 57.2 Å². The minimum Gasteiger partial charge on any atom is -0.495 e. The molecular formula is C38H50ClN3O10S. The summed E-state index contributed by atoms with van der Waals surface area (Å²) < 4.78 is 49.9. The van der Waals surface area contributed by atoms with Gasteiger partial charge in [-0.2, -0.15) is 8.42 Å². The first-order valence-electron chi connectivity index (χ1n) is 18.6. The van der Waals surface area contributed by atoms with E-state index in [0.29, 0.717) is 53.1 Å². The third-order valence-corrected chi connectivity index (χ3v) is 12.5. The second-order valence-electron chi connectivity index (χ2n) is 16.1. The van der Waals surface area contributed by atoms with Gasteiger partial charge in [0.15, 0.2) is 5.78 Å². The van der Waals surface area contributed by atoms with E-state index in [0.717, 1.165) is 25.7 Å². The summed E-state index contributed by atoms with van der Waals surface area (Å²) in [7, 11) is -2.84. The lowest BCUT2D eigenvalue weighted by Gasteiger charge is -2.35. The average molecular weight is 776 g/mol. The normalized spacial score (nSPS) is 25.2. The van der Waals surface area contributed by atoms with Crippen LogP contribution in [0, 0.1) is 22.7 Å². The number of rotatable bonds is 15. The van der Waals surface area contributed by atoms with Crippen molar-refractivity contribution in [1.82, 2.24) is 14.6 Å². The van der Waals surface area contributed by atoms with E-state index in [1.807, 2.05) is 27.7 Å². The minimum absolute atomic E-state index is 0.0349. The molecule has 0 bridgehead atoms. The van der Waals surface area contributed by atoms with E-state index in [2.05, 4.69) is 9.71 Å². The molecule has 3 saturated carbocycles. The second kappa shape index (κ2) is 15.3. The van der Waals surface area contributed by atoms with E-state index in [-0.39, 0.29) is 49.5 Å². The number of pyridine rings is 1. The van der Waals surface area contributed by atoms with Crippen molar-refractivity contribution in [3.05, 3.63) is 29.4 Å². The second-order valence-corrected chi connectivity index (χ2v) is 17.8. The van der Waals surface area contributed by atoms with E-state index in [9.17, 15) is 27.6 Å². The summed E-state index contributed by atoms with van der Waals surface area (Å²) in [5.41, 5.74) is -1.47. The van der Waals surface area contributed by atoms with Gasteiger partial charge in [0.25, 0.3) is 0 Å². The van der Waals surface area contributed by atoms with Gasteiger partial charge in [0.2, 0.25) is 11.8 Å². The van der Waals surface area contributed by atoms with Crippen molar-refractivity contribution in [2.45, 2.75) is 123 Å². The first kappa shape index (κ1) is 39.2. The molecule has 53 heavy (non-hydrogen) atoms. The maximum atomic E-state index is 14.6. The first-order valence-corrected chi connectivity index (χ1v) is 20.4. The summed E-state index contributed by atoms with van der Waals surface area (Å²) in [5.74, 6) is -2.15. The Balaban J connectivity index is 1.27. The number of esters is 1. The molecule has 6 rings (SSSR count). The molecule has 4 fully saturated rings. The Kier molecular flexibility index (Phi) is 11.3. The van der Waals surface area contributed by atoms with E-state index in [4.69, 9.17) is 30.0 Å². The van der Waals surface area contributed by atoms with Crippen LogP contribution in [0.5, 0.6) is 11.5 Å². The summed E-state index contributed by atoms with van der Waals surface area (Å²) in [6.45, 7) is 7.54. The number of nitrogens with one attached hydrogen (secondary N) is 1. The third-order valence-electron chi connectivity index (χ3n) is 11.2. The summed E-state index contributed by atoms with van der Waals surface area (Å²) in [5, 5.41) is 0.925. The number of methoxy groups -OCH3 is 1. The molecule has 15 heteroatoms. The zero-order valence-corrected chi connectivity index (χ0v) is 32.6. The maximum absolute atomic E-state index is 14.6. The highest BCUT2D eigenvalue weighted by Crippen LogP contribution is 2.58. The lowest BCUT2D eigenvalue weighted by molar-refractivity contribution is -0.156. The molecule has 1 aromatic carbocycles. The topological polar surface area (TPSA) is 168 Å². The maximum Gasteiger partial charge on any atom is 0.362 e. The summed E-state index contributed by atoms with van der Waals surface area (Å²) in [6.07, 6.45) is 5.62. The highest BCUT2D eigenvalue weighted by atomic mass is 35.5. The molecule has 1 saturated heterocycles. The van der Waals surface area contributed by atoms with E-state index >= 15 is 0 Å². The number of amides is 2. The molecule has 3 aliphatic carbocycles. The number of hydrogen-bond donors (Lipinski definition) is 1. The smallest absolute Gasteiger partial charge is 0.362 e. The Morgan fingerprint density at radius 3 is 2.38 bits per heavy atom. The van der Waals surface area contributed by atoms with Crippen molar-refractivity contribution < 1.29 is 46.0 Å². The van der Waals surface area contributed by atoms with E-state index in [1.54, 1.807) is 24.4 Å². The molecule has 0 spiro atoms. The lowest BCUT2D eigenvalue weighted by Crippen LogP contribution is -2.48. The van der Waals surface area contributed by atoms with Crippen LogP contribution in [-0.2, 0) is 38.4 Å². The van der Waals surface area contributed by atoms with Gasteiger partial charge >= 0.3 is 16.3 Å². The van der Waals surface area contributed by atoms with Gasteiger partial charge in [0.1, 0.15) is 28.7 Å². The fourth-order valence-corrected chi connectivity index (χ4v) is 9.20. The number of Topliss-reactive ketones (excluding diaryl/α,β-unsaturated/α-hetero) is 1. The number of carbonyl (C=O) groups is 4. The number of halogens is 1. The number of aromatic nitrogens is 1. The van der Waals surface area contributed by atoms with Crippen LogP contribution in [0.25, 0.3) is 10.9 Å². The van der Waals surface area contributed by atoms with Gasteiger partial charge < -0.3 is 19.1 Å². The standard InChI is InChI=1S/C38H50ClN3O10S/c1-6-22-19-38(22,36(46)41-53(47,48)52-24-11-12-24)20-29(43)28-17-25(50-30-15-16-40-34-26(30)13-14-31(49-5)33(34)39)21-42(28)35(45)27(37(2,3)4)18-32(44)51-23-9-7-8-10-23/h13-16,22-25,27-28H,6-12,17-21H2,1-5H3,(H,41,46)/t22?,25?,27?,28?,38-/m1/s1. The van der Waals surface area contributed by atoms with Crippen LogP contribution in [0.15, 0.2) is 24.4 Å². The molecule has 1 aromatic heterocycles. The number of benzene rings is 1. The largest absolute Gasteiger partial charge is 0.495 e. The molecule has 0 radical (unpaired) electrons. The Morgan fingerprint density at radius 1 is 1.04 bits per heavy atom. The molecule has 2 aromatic rings. The average Bonchev–Trinajstić information content (AvgIpc) is 3.92. The number of hydrogen-bond acceptors (Lipinski definition) is 11. The quantitative estimate of drug-likeness (QED) is 0.221. The Morgan fingerprint density at radius 2 is 1.75 bits per heavy atom. The third kappa shape index (κ3) is 8.75. The molecule has 1 N–H and O–H groups in total. The molecule has 2 amide bonds. The van der Waals surface area contributed by atoms with Crippen LogP contribution in [0.3, 0.4) is 0 Å². The van der Waals surface area contributed by atoms with Gasteiger partial charge in [-0.3, -0.25) is 28.3 Å². The van der Waals surface area contributed by atoms with Crippen molar-refractivity contribution in [1.29, 1.82) is 0 Å². The van der Waals surface area contributed by atoms with Gasteiger partial charge in [0, 0.05) is 24.4 Å². The van der Waals surface area contributed by atoms with Gasteiger partial charge in [-0.05, 0) is 74.5 Å². The number of nitrogens with zero attached hydrogens (tertiary/aromatic N) is 2. The van der Waals surface area contributed by atoms with Crippen molar-refractivity contribution in [3.63, 3.8) is 0 Å². The summed E-state index contributed by atoms with van der Waals surface area (Å²) in [4.78, 5) is 61.7. The van der Waals surface area contributed by atoms with Gasteiger partial charge in [0.05, 0.1) is 49.1 Å². The predicted molar refractivity (Wildman–Crippen MR) is 195 cm³/mol. The Hall–Kier alpha value is -3.49. The number of likely N-dealkylation sites (tertiary alicyclic amines) is 1. The minimum atomic E-state index is -4.35. The molecule has 2 heterocycles. The number of ether oxygens (including phenoxy) is 3. The van der Waals surface area contributed by atoms with Crippen molar-refractivity contribution in [3.8, 4) is 11.5 Å². The van der Waals surface area contributed by atoms with Gasteiger partial charge in [-0.1, -0.05) is 45.7 Å². The molecule has 1 aliphatic heterocycles. The first-order chi connectivity index (χ1) is 25.0. The SMILES string of the molecule is CCC1C[C@]1(CC(=O)C1CC(Oc2ccnc3c(Cl)c(OC)ccc23)CN1C(=O)C(CC(=O)OC1CCCC1)C(C)(C)C)C(=O)NS(=O)(=O)OC1CC1. The Labute approximate surface area is 316 Å². The molecule has 13 nitrogen and oxygen atoms in total. The fourth-order valence-electron chi connectivity index (χ4n) is 7.89. The lowest BCUT2D eigenvalue weighted by atomic mass is 9.77. The van der Waals surface area contributed by atoms with Crippen molar-refractivity contribution in [2.24, 2.45) is 22.7 Å². The van der Waals surface area contributed by atoms with Crippen LogP contribution in [-0.4, -0.2) is 79.9 Å². The zero-order chi connectivity index (χ0) is 38.3. The van der Waals surface area contributed by atoms with Crippen molar-refractivity contribution in [2.75, 3.05) is 13.7 Å². The van der Waals surface area contributed by atoms with E-state index in [1.165, 1.54) is 12.0 Å². The number of ketones is 1. The monoisotopic (exact) mass is 775 g/mol.